The number of halogens is 2. The number of fused-ring (bicyclic) bond motifs is 1. The Balaban J connectivity index is 1.82. The Hall–Kier alpha value is -2.79. The molecule has 0 spiro atoms. The molecule has 0 amide bonds. The van der Waals surface area contributed by atoms with Crippen LogP contribution in [0.1, 0.15) is 20.3 Å². The molecule has 4 rings (SSSR count). The third-order valence-electron chi connectivity index (χ3n) is 4.74. The lowest BCUT2D eigenvalue weighted by Gasteiger charge is -2.11. The summed E-state index contributed by atoms with van der Waals surface area (Å²) in [6.45, 7) is 4.73. The van der Waals surface area contributed by atoms with Gasteiger partial charge in [-0.2, -0.15) is 9.49 Å². The van der Waals surface area contributed by atoms with E-state index in [1.165, 1.54) is 10.9 Å². The van der Waals surface area contributed by atoms with Gasteiger partial charge in [-0.1, -0.05) is 43.6 Å². The summed E-state index contributed by atoms with van der Waals surface area (Å²) < 4.78 is 16.5. The summed E-state index contributed by atoms with van der Waals surface area (Å²) in [6.07, 6.45) is 5.76. The standard InChI is InChI=1S/C22H20ClFN4/c1-14(2)8-11-28-22(24)17(13-27-28)20-18(23)7-10-26-21(20)16-6-5-15-4-3-9-25-19(15)12-16/h3-7,9-10,12-14H,8,11H2,1-2H3. The topological polar surface area (TPSA) is 43.6 Å². The van der Waals surface area contributed by atoms with Crippen molar-refractivity contribution in [3.05, 3.63) is 66.0 Å². The largest absolute Gasteiger partial charge is 0.256 e. The Morgan fingerprint density at radius 1 is 1.11 bits per heavy atom. The molecule has 4 nitrogen and oxygen atoms in total. The molecule has 0 bridgehead atoms. The molecule has 3 heterocycles. The van der Waals surface area contributed by atoms with E-state index in [4.69, 9.17) is 11.6 Å². The molecule has 0 unspecified atom stereocenters. The average Bonchev–Trinajstić information content (AvgIpc) is 3.06. The van der Waals surface area contributed by atoms with Crippen LogP contribution in [0, 0.1) is 11.9 Å². The Kier molecular flexibility index (Phi) is 5.09. The van der Waals surface area contributed by atoms with E-state index in [0.717, 1.165) is 22.9 Å². The fraction of sp³-hybridized carbons (Fsp3) is 0.227. The molecule has 0 radical (unpaired) electrons. The second-order valence-corrected chi connectivity index (χ2v) is 7.59. The van der Waals surface area contributed by atoms with E-state index in [0.29, 0.717) is 34.3 Å². The molecule has 0 aliphatic heterocycles. The first-order valence-electron chi connectivity index (χ1n) is 9.26. The second-order valence-electron chi connectivity index (χ2n) is 7.18. The van der Waals surface area contributed by atoms with Crippen LogP contribution in [-0.4, -0.2) is 19.7 Å². The molecule has 6 heteroatoms. The summed E-state index contributed by atoms with van der Waals surface area (Å²) >= 11 is 6.48. The predicted molar refractivity (Wildman–Crippen MR) is 111 cm³/mol. The summed E-state index contributed by atoms with van der Waals surface area (Å²) in [7, 11) is 0. The molecule has 142 valence electrons. The summed E-state index contributed by atoms with van der Waals surface area (Å²) in [5, 5.41) is 5.70. The van der Waals surface area contributed by atoms with Gasteiger partial charge in [0.15, 0.2) is 0 Å². The van der Waals surface area contributed by atoms with Gasteiger partial charge in [0.05, 0.1) is 28.0 Å². The van der Waals surface area contributed by atoms with Gasteiger partial charge in [-0.25, -0.2) is 4.68 Å². The van der Waals surface area contributed by atoms with Crippen LogP contribution in [0.4, 0.5) is 4.39 Å². The molecule has 0 aliphatic rings. The van der Waals surface area contributed by atoms with Crippen LogP contribution in [0.25, 0.3) is 33.3 Å². The Morgan fingerprint density at radius 2 is 1.96 bits per heavy atom. The van der Waals surface area contributed by atoms with Crippen LogP contribution in [0.2, 0.25) is 5.02 Å². The summed E-state index contributed by atoms with van der Waals surface area (Å²) in [5.41, 5.74) is 3.20. The van der Waals surface area contributed by atoms with Gasteiger partial charge in [-0.05, 0) is 30.5 Å². The van der Waals surface area contributed by atoms with E-state index in [1.807, 2.05) is 30.3 Å². The number of nitrogens with zero attached hydrogens (tertiary/aromatic N) is 4. The molecule has 4 aromatic rings. The second kappa shape index (κ2) is 7.68. The number of pyridine rings is 2. The number of hydrogen-bond donors (Lipinski definition) is 0. The summed E-state index contributed by atoms with van der Waals surface area (Å²) in [6, 6.07) is 11.4. The number of benzene rings is 1. The van der Waals surface area contributed by atoms with Gasteiger partial charge >= 0.3 is 0 Å². The first-order chi connectivity index (χ1) is 13.5. The minimum absolute atomic E-state index is 0.359. The van der Waals surface area contributed by atoms with Crippen LogP contribution in [0.3, 0.4) is 0 Å². The Morgan fingerprint density at radius 3 is 2.79 bits per heavy atom. The lowest BCUT2D eigenvalue weighted by atomic mass is 10.0. The van der Waals surface area contributed by atoms with E-state index in [-0.39, 0.29) is 0 Å². The third kappa shape index (κ3) is 3.50. The molecule has 0 saturated heterocycles. The Labute approximate surface area is 168 Å². The van der Waals surface area contributed by atoms with E-state index in [1.54, 1.807) is 18.5 Å². The van der Waals surface area contributed by atoms with Gasteiger partial charge in [-0.3, -0.25) is 9.97 Å². The molecule has 3 aromatic heterocycles. The first-order valence-corrected chi connectivity index (χ1v) is 9.63. The van der Waals surface area contributed by atoms with E-state index in [2.05, 4.69) is 28.9 Å². The lowest BCUT2D eigenvalue weighted by molar-refractivity contribution is 0.415. The maximum atomic E-state index is 15.1. The summed E-state index contributed by atoms with van der Waals surface area (Å²) in [5.74, 6) is 0.0744. The van der Waals surface area contributed by atoms with Crippen molar-refractivity contribution >= 4 is 22.5 Å². The molecule has 28 heavy (non-hydrogen) atoms. The van der Waals surface area contributed by atoms with Crippen LogP contribution < -0.4 is 0 Å². The maximum Gasteiger partial charge on any atom is 0.219 e. The Bertz CT molecular complexity index is 1140. The molecule has 0 fully saturated rings. The summed E-state index contributed by atoms with van der Waals surface area (Å²) in [4.78, 5) is 8.91. The first kappa shape index (κ1) is 18.6. The molecular weight excluding hydrogens is 375 g/mol. The smallest absolute Gasteiger partial charge is 0.219 e. The molecule has 0 N–H and O–H groups in total. The SMILES string of the molecule is CC(C)CCn1ncc(-c2c(Cl)ccnc2-c2ccc3cccnc3c2)c1F. The highest BCUT2D eigenvalue weighted by Crippen LogP contribution is 2.37. The normalized spacial score (nSPS) is 11.5. The zero-order valence-corrected chi connectivity index (χ0v) is 16.5. The van der Waals surface area contributed by atoms with Crippen molar-refractivity contribution in [3.63, 3.8) is 0 Å². The molecule has 1 aromatic carbocycles. The lowest BCUT2D eigenvalue weighted by Crippen LogP contribution is -2.06. The fourth-order valence-electron chi connectivity index (χ4n) is 3.20. The van der Waals surface area contributed by atoms with E-state index >= 15 is 4.39 Å². The van der Waals surface area contributed by atoms with Crippen molar-refractivity contribution in [1.29, 1.82) is 0 Å². The van der Waals surface area contributed by atoms with Gasteiger partial charge < -0.3 is 0 Å². The highest BCUT2D eigenvalue weighted by Gasteiger charge is 2.20. The predicted octanol–water partition coefficient (Wildman–Crippen LogP) is 6.00. The fourth-order valence-corrected chi connectivity index (χ4v) is 3.45. The molecular formula is C22H20ClFN4. The van der Waals surface area contributed by atoms with Crippen molar-refractivity contribution in [3.8, 4) is 22.4 Å². The van der Waals surface area contributed by atoms with Gasteiger partial charge in [0.1, 0.15) is 0 Å². The molecule has 0 saturated carbocycles. The monoisotopic (exact) mass is 394 g/mol. The van der Waals surface area contributed by atoms with E-state index in [9.17, 15) is 0 Å². The van der Waals surface area contributed by atoms with Crippen molar-refractivity contribution in [2.45, 2.75) is 26.8 Å². The van der Waals surface area contributed by atoms with Crippen LogP contribution >= 0.6 is 11.6 Å². The van der Waals surface area contributed by atoms with Gasteiger partial charge in [0.2, 0.25) is 5.95 Å². The van der Waals surface area contributed by atoms with Crippen LogP contribution in [0.15, 0.2) is 55.0 Å². The van der Waals surface area contributed by atoms with E-state index < -0.39 is 5.95 Å². The average molecular weight is 395 g/mol. The highest BCUT2D eigenvalue weighted by molar-refractivity contribution is 6.34. The van der Waals surface area contributed by atoms with Crippen molar-refractivity contribution in [1.82, 2.24) is 19.7 Å². The minimum Gasteiger partial charge on any atom is -0.256 e. The van der Waals surface area contributed by atoms with Crippen molar-refractivity contribution in [2.24, 2.45) is 5.92 Å². The number of aromatic nitrogens is 4. The molecule has 0 aliphatic carbocycles. The van der Waals surface area contributed by atoms with Gasteiger partial charge in [0, 0.05) is 35.5 Å². The third-order valence-corrected chi connectivity index (χ3v) is 5.06. The number of rotatable bonds is 5. The quantitative estimate of drug-likeness (QED) is 0.417. The zero-order valence-electron chi connectivity index (χ0n) is 15.7. The number of aryl methyl sites for hydroxylation is 1. The van der Waals surface area contributed by atoms with Crippen LogP contribution in [-0.2, 0) is 6.54 Å². The van der Waals surface area contributed by atoms with Crippen LogP contribution in [0.5, 0.6) is 0 Å². The van der Waals surface area contributed by atoms with Crippen molar-refractivity contribution < 1.29 is 4.39 Å². The van der Waals surface area contributed by atoms with Gasteiger partial charge in [-0.15, -0.1) is 0 Å². The minimum atomic E-state index is -0.393. The van der Waals surface area contributed by atoms with Gasteiger partial charge in [0.25, 0.3) is 0 Å². The van der Waals surface area contributed by atoms with Crippen molar-refractivity contribution in [2.75, 3.05) is 0 Å². The highest BCUT2D eigenvalue weighted by atomic mass is 35.5. The maximum absolute atomic E-state index is 15.1. The number of hydrogen-bond acceptors (Lipinski definition) is 3. The molecule has 0 atom stereocenters. The zero-order chi connectivity index (χ0) is 19.7.